The molecule has 0 unspecified atom stereocenters. The fraction of sp³-hybridized carbons (Fsp3) is 0.739. The molecule has 2 bridgehead atoms. The fourth-order valence-corrected chi connectivity index (χ4v) is 6.94. The number of hydrogen-bond donors (Lipinski definition) is 1. The number of allylic oxidation sites excluding steroid dienone is 1. The molecular formula is C23H30O5. The second-order valence-electron chi connectivity index (χ2n) is 10.7. The van der Waals surface area contributed by atoms with Gasteiger partial charge in [-0.1, -0.05) is 32.9 Å². The van der Waals surface area contributed by atoms with Gasteiger partial charge in [-0.3, -0.25) is 9.59 Å². The number of carbonyl (C=O) groups is 2. The Morgan fingerprint density at radius 2 is 1.86 bits per heavy atom. The van der Waals surface area contributed by atoms with E-state index in [1.807, 2.05) is 13.0 Å². The number of Topliss-reactive ketones (excluding diaryl/α,β-unsaturated/α-hetero) is 2. The zero-order valence-corrected chi connectivity index (χ0v) is 17.5. The number of carbonyl (C=O) groups excluding carboxylic acids is 2. The van der Waals surface area contributed by atoms with Gasteiger partial charge >= 0.3 is 0 Å². The van der Waals surface area contributed by atoms with Crippen molar-refractivity contribution in [3.05, 3.63) is 23.3 Å². The van der Waals surface area contributed by atoms with E-state index in [4.69, 9.17) is 9.47 Å². The molecule has 7 atom stereocenters. The van der Waals surface area contributed by atoms with E-state index in [-0.39, 0.29) is 41.3 Å². The molecule has 0 amide bonds. The predicted molar refractivity (Wildman–Crippen MR) is 102 cm³/mol. The van der Waals surface area contributed by atoms with Gasteiger partial charge in [0, 0.05) is 5.92 Å². The maximum Gasteiger partial charge on any atom is 0.194 e. The summed E-state index contributed by atoms with van der Waals surface area (Å²) in [7, 11) is 0. The number of rotatable bonds is 0. The molecule has 1 N–H and O–H groups in total. The van der Waals surface area contributed by atoms with E-state index in [9.17, 15) is 14.7 Å². The molecule has 5 rings (SSSR count). The molecule has 0 aromatic carbocycles. The highest BCUT2D eigenvalue weighted by molar-refractivity contribution is 6.13. The molecule has 0 aromatic heterocycles. The van der Waals surface area contributed by atoms with Gasteiger partial charge in [0.15, 0.2) is 23.0 Å². The van der Waals surface area contributed by atoms with Gasteiger partial charge in [0.25, 0.3) is 0 Å². The van der Waals surface area contributed by atoms with Crippen molar-refractivity contribution in [2.75, 3.05) is 6.61 Å². The summed E-state index contributed by atoms with van der Waals surface area (Å²) in [6, 6.07) is 0. The van der Waals surface area contributed by atoms with Crippen molar-refractivity contribution in [1.29, 1.82) is 0 Å². The SMILES string of the molecule is CC1=C[C@]23C(=O)[C@@H](C=C4COC(C)(C)O[C@H]4[C@]2(O)C1=O)[C@H]1[C@@H](C[C@H]3C)C1(C)C. The highest BCUT2D eigenvalue weighted by atomic mass is 16.7. The minimum absolute atomic E-state index is 0.0194. The summed E-state index contributed by atoms with van der Waals surface area (Å²) in [5.74, 6) is -1.15. The zero-order valence-electron chi connectivity index (χ0n) is 17.5. The van der Waals surface area contributed by atoms with Crippen LogP contribution in [0.5, 0.6) is 0 Å². The average molecular weight is 386 g/mol. The summed E-state index contributed by atoms with van der Waals surface area (Å²) < 4.78 is 12.0. The third-order valence-corrected chi connectivity index (χ3v) is 8.50. The van der Waals surface area contributed by atoms with Crippen LogP contribution in [0.25, 0.3) is 0 Å². The standard InChI is InChI=1S/C23H30O5/c1-11-9-22-12(2)7-15-16(20(15,3)4)14(18(22)25)8-13-10-27-21(5,6)28-19(13)23(22,26)17(11)24/h8-9,12,14-16,19,26H,7,10H2,1-6H3/t12-,14+,15-,16+,19-,22+,23-/m1/s1. The summed E-state index contributed by atoms with van der Waals surface area (Å²) >= 11 is 0. The minimum Gasteiger partial charge on any atom is -0.377 e. The lowest BCUT2D eigenvalue weighted by Crippen LogP contribution is -2.66. The van der Waals surface area contributed by atoms with E-state index in [1.54, 1.807) is 26.8 Å². The summed E-state index contributed by atoms with van der Waals surface area (Å²) in [4.78, 5) is 27.5. The number of fused-ring (bicyclic) bond motifs is 5. The monoisotopic (exact) mass is 386 g/mol. The molecule has 4 aliphatic carbocycles. The smallest absolute Gasteiger partial charge is 0.194 e. The van der Waals surface area contributed by atoms with Crippen LogP contribution in [0.4, 0.5) is 0 Å². The Bertz CT molecular complexity index is 864. The van der Waals surface area contributed by atoms with Gasteiger partial charge < -0.3 is 14.6 Å². The van der Waals surface area contributed by atoms with Crippen LogP contribution in [0.1, 0.15) is 48.0 Å². The lowest BCUT2D eigenvalue weighted by atomic mass is 9.59. The Balaban J connectivity index is 1.78. The fourth-order valence-electron chi connectivity index (χ4n) is 6.94. The molecule has 1 saturated heterocycles. The van der Waals surface area contributed by atoms with Crippen LogP contribution in [-0.4, -0.2) is 40.8 Å². The van der Waals surface area contributed by atoms with Crippen LogP contribution in [0.2, 0.25) is 0 Å². The van der Waals surface area contributed by atoms with Crippen molar-refractivity contribution in [2.24, 2.45) is 34.5 Å². The molecule has 5 aliphatic rings. The molecule has 5 heteroatoms. The first-order valence-corrected chi connectivity index (χ1v) is 10.4. The Hall–Kier alpha value is -1.30. The molecule has 28 heavy (non-hydrogen) atoms. The van der Waals surface area contributed by atoms with Crippen molar-refractivity contribution in [3.63, 3.8) is 0 Å². The van der Waals surface area contributed by atoms with Crippen LogP contribution in [-0.2, 0) is 19.1 Å². The van der Waals surface area contributed by atoms with Crippen molar-refractivity contribution in [3.8, 4) is 0 Å². The van der Waals surface area contributed by atoms with Gasteiger partial charge in [-0.15, -0.1) is 0 Å². The Labute approximate surface area is 166 Å². The summed E-state index contributed by atoms with van der Waals surface area (Å²) in [6.45, 7) is 12.0. The molecule has 1 heterocycles. The van der Waals surface area contributed by atoms with Crippen LogP contribution in [0.3, 0.4) is 0 Å². The van der Waals surface area contributed by atoms with Gasteiger partial charge in [0.05, 0.1) is 12.0 Å². The second kappa shape index (κ2) is 5.05. The van der Waals surface area contributed by atoms with E-state index in [0.29, 0.717) is 11.5 Å². The first-order chi connectivity index (χ1) is 12.9. The number of ether oxygens (including phenoxy) is 2. The highest BCUT2D eigenvalue weighted by Gasteiger charge is 2.76. The first-order valence-electron chi connectivity index (χ1n) is 10.4. The molecule has 0 radical (unpaired) electrons. The zero-order chi connectivity index (χ0) is 20.4. The van der Waals surface area contributed by atoms with E-state index < -0.39 is 22.9 Å². The Kier molecular flexibility index (Phi) is 3.38. The number of aliphatic hydroxyl groups is 1. The van der Waals surface area contributed by atoms with Gasteiger partial charge in [0.1, 0.15) is 6.10 Å². The summed E-state index contributed by atoms with van der Waals surface area (Å²) in [5.41, 5.74) is -1.86. The van der Waals surface area contributed by atoms with Crippen molar-refractivity contribution >= 4 is 11.6 Å². The summed E-state index contributed by atoms with van der Waals surface area (Å²) in [6.07, 6.45) is 3.71. The third-order valence-electron chi connectivity index (χ3n) is 8.50. The van der Waals surface area contributed by atoms with Crippen LogP contribution in [0, 0.1) is 34.5 Å². The molecule has 5 nitrogen and oxygen atoms in total. The van der Waals surface area contributed by atoms with E-state index in [1.165, 1.54) is 0 Å². The Morgan fingerprint density at radius 3 is 2.54 bits per heavy atom. The highest BCUT2D eigenvalue weighted by Crippen LogP contribution is 2.71. The lowest BCUT2D eigenvalue weighted by molar-refractivity contribution is -0.287. The molecule has 152 valence electrons. The van der Waals surface area contributed by atoms with Crippen LogP contribution < -0.4 is 0 Å². The number of hydrogen-bond acceptors (Lipinski definition) is 5. The van der Waals surface area contributed by atoms with Crippen molar-refractivity contribution < 1.29 is 24.2 Å². The normalized spacial score (nSPS) is 50.5. The van der Waals surface area contributed by atoms with Gasteiger partial charge in [-0.2, -0.15) is 0 Å². The summed E-state index contributed by atoms with van der Waals surface area (Å²) in [5, 5.41) is 12.1. The molecule has 1 aliphatic heterocycles. The molecule has 2 saturated carbocycles. The Morgan fingerprint density at radius 1 is 1.18 bits per heavy atom. The molecule has 0 aromatic rings. The quantitative estimate of drug-likeness (QED) is 0.648. The largest absolute Gasteiger partial charge is 0.377 e. The molecule has 3 fully saturated rings. The van der Waals surface area contributed by atoms with Gasteiger partial charge in [-0.05, 0) is 61.5 Å². The topological polar surface area (TPSA) is 72.8 Å². The first kappa shape index (κ1) is 18.7. The maximum atomic E-state index is 14.1. The van der Waals surface area contributed by atoms with Gasteiger partial charge in [-0.25, -0.2) is 0 Å². The molecule has 1 spiro atoms. The average Bonchev–Trinajstić information content (AvgIpc) is 3.10. The predicted octanol–water partition coefficient (Wildman–Crippen LogP) is 2.82. The van der Waals surface area contributed by atoms with Crippen LogP contribution in [0.15, 0.2) is 23.3 Å². The third kappa shape index (κ3) is 1.89. The maximum absolute atomic E-state index is 14.1. The minimum atomic E-state index is -1.91. The number of ketones is 2. The van der Waals surface area contributed by atoms with Crippen molar-refractivity contribution in [1.82, 2.24) is 0 Å². The second-order valence-corrected chi connectivity index (χ2v) is 10.7. The van der Waals surface area contributed by atoms with Crippen molar-refractivity contribution in [2.45, 2.75) is 65.5 Å². The van der Waals surface area contributed by atoms with E-state index in [2.05, 4.69) is 13.8 Å². The lowest BCUT2D eigenvalue weighted by Gasteiger charge is -2.50. The van der Waals surface area contributed by atoms with E-state index >= 15 is 0 Å². The van der Waals surface area contributed by atoms with Gasteiger partial charge in [0.2, 0.25) is 0 Å². The van der Waals surface area contributed by atoms with E-state index in [0.717, 1.165) is 12.0 Å². The van der Waals surface area contributed by atoms with Crippen LogP contribution >= 0.6 is 0 Å². The molecular weight excluding hydrogens is 356 g/mol.